The van der Waals surface area contributed by atoms with Crippen molar-refractivity contribution in [3.8, 4) is 0 Å². The first-order valence-electron chi connectivity index (χ1n) is 9.90. The Morgan fingerprint density at radius 1 is 0.750 bits per heavy atom. The van der Waals surface area contributed by atoms with E-state index in [2.05, 4.69) is 6.92 Å². The topological polar surface area (TPSA) is 47.9 Å². The van der Waals surface area contributed by atoms with Crippen LogP contribution in [0.5, 0.6) is 0 Å². The Morgan fingerprint density at radius 3 is 1.62 bits per heavy atom. The normalized spacial score (nSPS) is 22.2. The monoisotopic (exact) mass is 362 g/mol. The summed E-state index contributed by atoms with van der Waals surface area (Å²) in [5, 5.41) is 8.61. The largest absolute Gasteiger partial charge is 0.396 e. The molecule has 3 aliphatic rings. The smallest absolute Gasteiger partial charge is 0.271 e. The van der Waals surface area contributed by atoms with Crippen molar-refractivity contribution in [3.05, 3.63) is 0 Å². The van der Waals surface area contributed by atoms with E-state index in [0.717, 1.165) is 25.6 Å². The van der Waals surface area contributed by atoms with Gasteiger partial charge in [0.25, 0.3) is 6.48 Å². The lowest BCUT2D eigenvalue weighted by Crippen LogP contribution is -2.43. The van der Waals surface area contributed by atoms with Crippen LogP contribution in [0.25, 0.3) is 0 Å². The fourth-order valence-corrected chi connectivity index (χ4v) is 3.53. The van der Waals surface area contributed by atoms with Gasteiger partial charge in [-0.05, 0) is 12.2 Å². The quantitative estimate of drug-likeness (QED) is 0.485. The molecule has 0 amide bonds. The second kappa shape index (κ2) is 16.6. The van der Waals surface area contributed by atoms with E-state index in [4.69, 9.17) is 19.3 Å². The SMILES string of the molecule is C1OC2OCC1CO2.CCCCCCCCCCCCSCCO. The summed E-state index contributed by atoms with van der Waals surface area (Å²) in [6.45, 7) is 4.69. The minimum Gasteiger partial charge on any atom is -0.396 e. The van der Waals surface area contributed by atoms with Gasteiger partial charge in [-0.1, -0.05) is 64.7 Å². The first kappa shape index (κ1) is 22.2. The molecule has 24 heavy (non-hydrogen) atoms. The van der Waals surface area contributed by atoms with Crippen LogP contribution in [-0.4, -0.2) is 49.5 Å². The lowest BCUT2D eigenvalue weighted by Gasteiger charge is -2.35. The van der Waals surface area contributed by atoms with Crippen molar-refractivity contribution in [3.63, 3.8) is 0 Å². The summed E-state index contributed by atoms with van der Waals surface area (Å²) in [4.78, 5) is 0. The number of thioether (sulfide) groups is 1. The molecular formula is C19H38O4S. The molecule has 0 aromatic carbocycles. The Morgan fingerprint density at radius 2 is 1.25 bits per heavy atom. The van der Waals surface area contributed by atoms with E-state index < -0.39 is 0 Å². The highest BCUT2D eigenvalue weighted by atomic mass is 32.2. The zero-order chi connectivity index (χ0) is 17.3. The van der Waals surface area contributed by atoms with Gasteiger partial charge in [0.2, 0.25) is 0 Å². The van der Waals surface area contributed by atoms with E-state index in [-0.39, 0.29) is 6.48 Å². The molecule has 4 nitrogen and oxygen atoms in total. The maximum atomic E-state index is 8.61. The molecule has 3 fully saturated rings. The molecule has 1 N–H and O–H groups in total. The van der Waals surface area contributed by atoms with Gasteiger partial charge in [0.15, 0.2) is 0 Å². The number of hydrogen-bond donors (Lipinski definition) is 1. The van der Waals surface area contributed by atoms with Crippen LogP contribution in [0.15, 0.2) is 0 Å². The summed E-state index contributed by atoms with van der Waals surface area (Å²) in [5.74, 6) is 2.63. The molecule has 0 aromatic rings. The third-order valence-corrected chi connectivity index (χ3v) is 5.33. The zero-order valence-electron chi connectivity index (χ0n) is 15.5. The number of rotatable bonds is 13. The van der Waals surface area contributed by atoms with Gasteiger partial charge in [-0.15, -0.1) is 0 Å². The van der Waals surface area contributed by atoms with Crippen LogP contribution >= 0.6 is 11.8 Å². The molecule has 0 saturated carbocycles. The van der Waals surface area contributed by atoms with Crippen molar-refractivity contribution >= 4 is 11.8 Å². The molecule has 0 aliphatic carbocycles. The van der Waals surface area contributed by atoms with Gasteiger partial charge < -0.3 is 19.3 Å². The Bertz CT molecular complexity index is 221. The second-order valence-corrected chi connectivity index (χ2v) is 7.90. The van der Waals surface area contributed by atoms with Crippen LogP contribution in [0, 0.1) is 5.92 Å². The molecule has 144 valence electrons. The highest BCUT2D eigenvalue weighted by Crippen LogP contribution is 2.19. The Labute approximate surface area is 153 Å². The molecule has 3 saturated heterocycles. The first-order chi connectivity index (χ1) is 11.9. The van der Waals surface area contributed by atoms with Gasteiger partial charge in [-0.3, -0.25) is 0 Å². The van der Waals surface area contributed by atoms with Crippen LogP contribution in [0.3, 0.4) is 0 Å². The summed E-state index contributed by atoms with van der Waals surface area (Å²) in [6, 6.07) is 0. The molecule has 3 rings (SSSR count). The summed E-state index contributed by atoms with van der Waals surface area (Å²) in [7, 11) is 0. The van der Waals surface area contributed by atoms with Crippen molar-refractivity contribution in [2.45, 2.75) is 77.6 Å². The first-order valence-corrected chi connectivity index (χ1v) is 11.1. The van der Waals surface area contributed by atoms with Crippen LogP contribution in [0.1, 0.15) is 71.1 Å². The fraction of sp³-hybridized carbons (Fsp3) is 1.00. The fourth-order valence-electron chi connectivity index (χ4n) is 2.79. The molecule has 0 atom stereocenters. The van der Waals surface area contributed by atoms with Gasteiger partial charge in [0.05, 0.1) is 26.4 Å². The molecule has 0 unspecified atom stereocenters. The van der Waals surface area contributed by atoms with E-state index in [1.807, 2.05) is 11.8 Å². The average Bonchev–Trinajstić information content (AvgIpc) is 2.65. The van der Waals surface area contributed by atoms with Crippen LogP contribution in [-0.2, 0) is 14.2 Å². The predicted molar refractivity (Wildman–Crippen MR) is 101 cm³/mol. The van der Waals surface area contributed by atoms with Crippen molar-refractivity contribution in [1.29, 1.82) is 0 Å². The number of aliphatic hydroxyl groups excluding tert-OH is 1. The molecule has 3 heterocycles. The molecule has 0 radical (unpaired) electrons. The Balaban J connectivity index is 0.000000292. The maximum Gasteiger partial charge on any atom is 0.271 e. The molecular weight excluding hydrogens is 324 g/mol. The second-order valence-electron chi connectivity index (χ2n) is 6.67. The maximum absolute atomic E-state index is 8.61. The molecule has 5 heteroatoms. The summed E-state index contributed by atoms with van der Waals surface area (Å²) in [5.41, 5.74) is 0. The minimum atomic E-state index is -0.347. The van der Waals surface area contributed by atoms with E-state index in [1.54, 1.807) is 0 Å². The lowest BCUT2D eigenvalue weighted by atomic mass is 10.1. The lowest BCUT2D eigenvalue weighted by molar-refractivity contribution is -0.368. The van der Waals surface area contributed by atoms with Crippen LogP contribution in [0.2, 0.25) is 0 Å². The van der Waals surface area contributed by atoms with E-state index in [0.29, 0.717) is 12.5 Å². The average molecular weight is 363 g/mol. The summed E-state index contributed by atoms with van der Waals surface area (Å²) < 4.78 is 15.1. The highest BCUT2D eigenvalue weighted by molar-refractivity contribution is 7.99. The van der Waals surface area contributed by atoms with Gasteiger partial charge >= 0.3 is 0 Å². The minimum absolute atomic E-state index is 0.336. The summed E-state index contributed by atoms with van der Waals surface area (Å²) >= 11 is 1.88. The Kier molecular flexibility index (Phi) is 15.4. The van der Waals surface area contributed by atoms with Crippen molar-refractivity contribution in [2.75, 3.05) is 37.9 Å². The number of fused-ring (bicyclic) bond motifs is 3. The third kappa shape index (κ3) is 12.5. The number of unbranched alkanes of at least 4 members (excludes halogenated alkanes) is 9. The molecule has 0 aromatic heterocycles. The molecule has 0 spiro atoms. The molecule has 2 bridgehead atoms. The number of aliphatic hydroxyl groups is 1. The van der Waals surface area contributed by atoms with Crippen molar-refractivity contribution < 1.29 is 19.3 Å². The standard InChI is InChI=1S/C14H30OS.C5H8O3/c1-2-3-4-5-6-7-8-9-10-11-13-16-14-12-15;1-4-2-7-5(6-1)8-3-4/h15H,2-14H2,1H3;4-5H,1-3H2. The highest BCUT2D eigenvalue weighted by Gasteiger charge is 2.29. The van der Waals surface area contributed by atoms with E-state index in [1.165, 1.54) is 70.0 Å². The number of hydrogen-bond acceptors (Lipinski definition) is 5. The van der Waals surface area contributed by atoms with Crippen molar-refractivity contribution in [2.24, 2.45) is 5.92 Å². The van der Waals surface area contributed by atoms with Gasteiger partial charge in [0.1, 0.15) is 0 Å². The van der Waals surface area contributed by atoms with Crippen LogP contribution < -0.4 is 0 Å². The summed E-state index contributed by atoms with van der Waals surface area (Å²) in [6.07, 6.45) is 14.1. The van der Waals surface area contributed by atoms with E-state index >= 15 is 0 Å². The third-order valence-electron chi connectivity index (χ3n) is 4.28. The van der Waals surface area contributed by atoms with Gasteiger partial charge in [-0.25, -0.2) is 0 Å². The number of ether oxygens (including phenoxy) is 3. The Hall–Kier alpha value is 0.190. The van der Waals surface area contributed by atoms with Crippen LogP contribution in [0.4, 0.5) is 0 Å². The van der Waals surface area contributed by atoms with E-state index in [9.17, 15) is 0 Å². The van der Waals surface area contributed by atoms with Gasteiger partial charge in [0, 0.05) is 11.7 Å². The van der Waals surface area contributed by atoms with Crippen molar-refractivity contribution in [1.82, 2.24) is 0 Å². The van der Waals surface area contributed by atoms with Gasteiger partial charge in [-0.2, -0.15) is 11.8 Å². The zero-order valence-corrected chi connectivity index (χ0v) is 16.4. The molecule has 3 aliphatic heterocycles. The predicted octanol–water partition coefficient (Wildman–Crippen LogP) is 4.60.